The Morgan fingerprint density at radius 1 is 1.48 bits per heavy atom. The lowest BCUT2D eigenvalue weighted by Crippen LogP contribution is -2.32. The van der Waals surface area contributed by atoms with Crippen LogP contribution in [0.3, 0.4) is 0 Å². The predicted molar refractivity (Wildman–Crippen MR) is 87.9 cm³/mol. The highest BCUT2D eigenvalue weighted by molar-refractivity contribution is 7.15. The van der Waals surface area contributed by atoms with Crippen molar-refractivity contribution in [3.8, 4) is 10.6 Å². The molecule has 1 aromatic carbocycles. The number of rotatable bonds is 5. The summed E-state index contributed by atoms with van der Waals surface area (Å²) in [5.74, 6) is 0. The van der Waals surface area contributed by atoms with Gasteiger partial charge in [0.15, 0.2) is 0 Å². The second kappa shape index (κ2) is 6.88. The summed E-state index contributed by atoms with van der Waals surface area (Å²) in [5.41, 5.74) is 1.09. The predicted octanol–water partition coefficient (Wildman–Crippen LogP) is 4.07. The Morgan fingerprint density at radius 2 is 2.38 bits per heavy atom. The summed E-state index contributed by atoms with van der Waals surface area (Å²) < 4.78 is 5.31. The van der Waals surface area contributed by atoms with Gasteiger partial charge in [-0.15, -0.1) is 11.3 Å². The Balaban J connectivity index is 1.70. The topological polar surface area (TPSA) is 25.4 Å². The van der Waals surface area contributed by atoms with Crippen molar-refractivity contribution in [1.29, 1.82) is 0 Å². The van der Waals surface area contributed by atoms with Crippen LogP contribution in [0.15, 0.2) is 30.5 Å². The molecule has 1 aliphatic rings. The van der Waals surface area contributed by atoms with E-state index in [1.54, 1.807) is 18.4 Å². The van der Waals surface area contributed by atoms with Gasteiger partial charge in [0.05, 0.1) is 6.61 Å². The summed E-state index contributed by atoms with van der Waals surface area (Å²) in [4.78, 5) is 8.34. The number of likely N-dealkylation sites (tertiary alicyclic amines) is 1. The fourth-order valence-corrected chi connectivity index (χ4v) is 3.94. The zero-order chi connectivity index (χ0) is 14.7. The van der Waals surface area contributed by atoms with Crippen molar-refractivity contribution in [2.45, 2.75) is 25.4 Å². The maximum atomic E-state index is 6.05. The van der Waals surface area contributed by atoms with E-state index in [4.69, 9.17) is 16.3 Å². The van der Waals surface area contributed by atoms with Crippen LogP contribution in [0.5, 0.6) is 0 Å². The SMILES string of the molecule is COC[C@@H]1CCCN1Cc1cnc(-c2cccc(Cl)c2)s1. The monoisotopic (exact) mass is 322 g/mol. The molecule has 2 aromatic rings. The molecule has 1 saturated heterocycles. The van der Waals surface area contributed by atoms with Crippen LogP contribution in [0.2, 0.25) is 5.02 Å². The van der Waals surface area contributed by atoms with E-state index in [1.165, 1.54) is 17.7 Å². The summed E-state index contributed by atoms with van der Waals surface area (Å²) in [5, 5.41) is 1.79. The zero-order valence-corrected chi connectivity index (χ0v) is 13.7. The zero-order valence-electron chi connectivity index (χ0n) is 12.1. The number of methoxy groups -OCH3 is 1. The molecule has 1 atom stereocenters. The van der Waals surface area contributed by atoms with Gasteiger partial charge in [0, 0.05) is 41.4 Å². The summed E-state index contributed by atoms with van der Waals surface area (Å²) in [6.07, 6.45) is 4.48. The Bertz CT molecular complexity index is 601. The van der Waals surface area contributed by atoms with Crippen molar-refractivity contribution in [2.24, 2.45) is 0 Å². The lowest BCUT2D eigenvalue weighted by molar-refractivity contribution is 0.112. The first-order valence-electron chi connectivity index (χ1n) is 7.20. The van der Waals surface area contributed by atoms with Crippen molar-refractivity contribution in [3.63, 3.8) is 0 Å². The van der Waals surface area contributed by atoms with Gasteiger partial charge in [-0.3, -0.25) is 4.90 Å². The van der Waals surface area contributed by atoms with Crippen LogP contribution < -0.4 is 0 Å². The second-order valence-electron chi connectivity index (χ2n) is 5.36. The molecule has 0 bridgehead atoms. The van der Waals surface area contributed by atoms with Crippen molar-refractivity contribution in [2.75, 3.05) is 20.3 Å². The molecular formula is C16H19ClN2OS. The van der Waals surface area contributed by atoms with Crippen LogP contribution in [-0.2, 0) is 11.3 Å². The van der Waals surface area contributed by atoms with E-state index in [1.807, 2.05) is 24.4 Å². The van der Waals surface area contributed by atoms with Crippen molar-refractivity contribution in [3.05, 3.63) is 40.4 Å². The molecule has 0 radical (unpaired) electrons. The summed E-state index contributed by atoms with van der Waals surface area (Å²) in [7, 11) is 1.78. The minimum atomic E-state index is 0.548. The van der Waals surface area contributed by atoms with E-state index in [2.05, 4.69) is 16.0 Å². The number of hydrogen-bond acceptors (Lipinski definition) is 4. The largest absolute Gasteiger partial charge is 0.383 e. The molecule has 3 rings (SSSR count). The number of halogens is 1. The molecule has 0 amide bonds. The molecule has 5 heteroatoms. The summed E-state index contributed by atoms with van der Waals surface area (Å²) >= 11 is 7.80. The number of thiazole rings is 1. The molecular weight excluding hydrogens is 304 g/mol. The molecule has 0 saturated carbocycles. The van der Waals surface area contributed by atoms with E-state index in [9.17, 15) is 0 Å². The molecule has 112 valence electrons. The van der Waals surface area contributed by atoms with Crippen LogP contribution in [-0.4, -0.2) is 36.2 Å². The Hall–Kier alpha value is -0.940. The quantitative estimate of drug-likeness (QED) is 0.829. The fraction of sp³-hybridized carbons (Fsp3) is 0.438. The van der Waals surface area contributed by atoms with Gasteiger partial charge in [-0.2, -0.15) is 0 Å². The van der Waals surface area contributed by atoms with Crippen LogP contribution >= 0.6 is 22.9 Å². The van der Waals surface area contributed by atoms with Crippen LogP contribution in [0.4, 0.5) is 0 Å². The highest BCUT2D eigenvalue weighted by atomic mass is 35.5. The first-order valence-corrected chi connectivity index (χ1v) is 8.39. The first-order chi connectivity index (χ1) is 10.3. The van der Waals surface area contributed by atoms with E-state index in [0.29, 0.717) is 6.04 Å². The maximum absolute atomic E-state index is 6.05. The number of aromatic nitrogens is 1. The lowest BCUT2D eigenvalue weighted by atomic mass is 10.2. The molecule has 0 aliphatic carbocycles. The van der Waals surface area contributed by atoms with Gasteiger partial charge in [0.1, 0.15) is 5.01 Å². The molecule has 1 aliphatic heterocycles. The second-order valence-corrected chi connectivity index (χ2v) is 6.92. The number of nitrogens with zero attached hydrogens (tertiary/aromatic N) is 2. The van der Waals surface area contributed by atoms with Crippen molar-refractivity contribution in [1.82, 2.24) is 9.88 Å². The van der Waals surface area contributed by atoms with Gasteiger partial charge in [-0.05, 0) is 31.5 Å². The van der Waals surface area contributed by atoms with Gasteiger partial charge in [0.25, 0.3) is 0 Å². The van der Waals surface area contributed by atoms with Gasteiger partial charge >= 0.3 is 0 Å². The highest BCUT2D eigenvalue weighted by Crippen LogP contribution is 2.29. The third kappa shape index (κ3) is 3.64. The third-order valence-corrected chi connectivity index (χ3v) is 5.11. The number of ether oxygens (including phenoxy) is 1. The number of benzene rings is 1. The Morgan fingerprint density at radius 3 is 3.19 bits per heavy atom. The molecule has 2 heterocycles. The average Bonchev–Trinajstić information content (AvgIpc) is 3.10. The molecule has 0 N–H and O–H groups in total. The molecule has 0 spiro atoms. The minimum Gasteiger partial charge on any atom is -0.383 e. The summed E-state index contributed by atoms with van der Waals surface area (Å²) in [6.45, 7) is 2.94. The van der Waals surface area contributed by atoms with E-state index in [0.717, 1.165) is 35.3 Å². The minimum absolute atomic E-state index is 0.548. The maximum Gasteiger partial charge on any atom is 0.123 e. The van der Waals surface area contributed by atoms with E-state index in [-0.39, 0.29) is 0 Å². The van der Waals surface area contributed by atoms with Crippen molar-refractivity contribution < 1.29 is 4.74 Å². The standard InChI is InChI=1S/C16H19ClN2OS/c1-20-11-14-6-3-7-19(14)10-15-9-18-16(21-15)12-4-2-5-13(17)8-12/h2,4-5,8-9,14H,3,6-7,10-11H2,1H3/t14-/m0/s1. The molecule has 1 aromatic heterocycles. The average molecular weight is 323 g/mol. The van der Waals surface area contributed by atoms with E-state index < -0.39 is 0 Å². The Kier molecular flexibility index (Phi) is 4.91. The normalized spacial score (nSPS) is 19.2. The highest BCUT2D eigenvalue weighted by Gasteiger charge is 2.24. The van der Waals surface area contributed by atoms with Crippen LogP contribution in [0.25, 0.3) is 10.6 Å². The number of hydrogen-bond donors (Lipinski definition) is 0. The molecule has 0 unspecified atom stereocenters. The smallest absolute Gasteiger partial charge is 0.123 e. The van der Waals surface area contributed by atoms with Gasteiger partial charge in [0.2, 0.25) is 0 Å². The van der Waals surface area contributed by atoms with Gasteiger partial charge < -0.3 is 4.74 Å². The summed E-state index contributed by atoms with van der Waals surface area (Å²) in [6, 6.07) is 8.42. The lowest BCUT2D eigenvalue weighted by Gasteiger charge is -2.22. The molecule has 1 fully saturated rings. The van der Waals surface area contributed by atoms with Crippen LogP contribution in [0.1, 0.15) is 17.7 Å². The first kappa shape index (κ1) is 15.0. The van der Waals surface area contributed by atoms with Crippen LogP contribution in [0, 0.1) is 0 Å². The van der Waals surface area contributed by atoms with Gasteiger partial charge in [-0.1, -0.05) is 23.7 Å². The third-order valence-electron chi connectivity index (χ3n) is 3.84. The molecule has 21 heavy (non-hydrogen) atoms. The van der Waals surface area contributed by atoms with Crippen molar-refractivity contribution >= 4 is 22.9 Å². The van der Waals surface area contributed by atoms with Gasteiger partial charge in [-0.25, -0.2) is 4.98 Å². The van der Waals surface area contributed by atoms with E-state index >= 15 is 0 Å². The fourth-order valence-electron chi connectivity index (χ4n) is 2.82. The Labute approximate surface area is 134 Å². The molecule has 3 nitrogen and oxygen atoms in total.